The van der Waals surface area contributed by atoms with Crippen molar-refractivity contribution in [2.75, 3.05) is 0 Å². The van der Waals surface area contributed by atoms with E-state index in [2.05, 4.69) is 0 Å². The number of aromatic nitrogens is 2. The fourth-order valence-corrected chi connectivity index (χ4v) is 3.28. The highest BCUT2D eigenvalue weighted by Crippen LogP contribution is 2.31. The molecule has 0 radical (unpaired) electrons. The molecule has 0 N–H and O–H groups in total. The maximum absolute atomic E-state index is 13.0. The zero-order chi connectivity index (χ0) is 18.3. The molecule has 6 nitrogen and oxygen atoms in total. The predicted octanol–water partition coefficient (Wildman–Crippen LogP) is 2.43. The Morgan fingerprint density at radius 3 is 2.46 bits per heavy atom. The van der Waals surface area contributed by atoms with Crippen LogP contribution in [0.25, 0.3) is 5.69 Å². The Morgan fingerprint density at radius 1 is 1.00 bits per heavy atom. The second-order valence-electron chi connectivity index (χ2n) is 6.17. The number of fused-ring (bicyclic) bond motifs is 3. The maximum atomic E-state index is 13.0. The highest BCUT2D eigenvalue weighted by atomic mass is 16.5. The number of benzene rings is 2. The summed E-state index contributed by atoms with van der Waals surface area (Å²) in [5, 5.41) is 0. The molecule has 2 heterocycles. The fraction of sp³-hybridized carbons (Fsp3) is 0.150. The van der Waals surface area contributed by atoms with Crippen LogP contribution in [0.3, 0.4) is 0 Å². The van der Waals surface area contributed by atoms with Crippen LogP contribution in [-0.4, -0.2) is 21.2 Å². The van der Waals surface area contributed by atoms with E-state index in [-0.39, 0.29) is 12.2 Å². The van der Waals surface area contributed by atoms with Gasteiger partial charge in [-0.25, -0.2) is 9.36 Å². The molecule has 0 saturated carbocycles. The van der Waals surface area contributed by atoms with Gasteiger partial charge in [0.05, 0.1) is 5.69 Å². The second-order valence-corrected chi connectivity index (χ2v) is 6.17. The first-order chi connectivity index (χ1) is 12.6. The molecule has 3 aromatic rings. The number of nitrogens with zero attached hydrogens (tertiary/aromatic N) is 2. The molecule has 0 aliphatic carbocycles. The van der Waals surface area contributed by atoms with E-state index in [0.717, 1.165) is 5.56 Å². The van der Waals surface area contributed by atoms with Gasteiger partial charge in [0, 0.05) is 17.3 Å². The van der Waals surface area contributed by atoms with E-state index in [1.165, 1.54) is 15.4 Å². The number of para-hydroxylation sites is 1. The Morgan fingerprint density at radius 2 is 1.69 bits per heavy atom. The van der Waals surface area contributed by atoms with Crippen molar-refractivity contribution in [3.8, 4) is 5.69 Å². The number of esters is 1. The van der Waals surface area contributed by atoms with Crippen LogP contribution in [0.4, 0.5) is 0 Å². The van der Waals surface area contributed by atoms with Gasteiger partial charge in [-0.2, -0.15) is 0 Å². The summed E-state index contributed by atoms with van der Waals surface area (Å²) >= 11 is 0. The Labute approximate surface area is 149 Å². The average Bonchev–Trinajstić information content (AvgIpc) is 2.96. The molecular weight excluding hydrogens is 332 g/mol. The number of carbonyl (C=O) groups is 2. The van der Waals surface area contributed by atoms with Gasteiger partial charge in [-0.3, -0.25) is 14.4 Å². The molecule has 1 unspecified atom stereocenters. The van der Waals surface area contributed by atoms with Crippen LogP contribution in [0, 0.1) is 6.92 Å². The van der Waals surface area contributed by atoms with Gasteiger partial charge in [0.1, 0.15) is 6.61 Å². The van der Waals surface area contributed by atoms with Crippen molar-refractivity contribution in [2.24, 2.45) is 0 Å². The minimum atomic E-state index is -1.10. The standard InChI is InChI=1S/C20H16N2O4/c1-13-11-17(23)22-16-10-6-5-9-15(16)18(19(24)21(13)22)20(25)26-12-14-7-3-2-4-8-14/h2-11,18H,12H2,1H3. The topological polar surface area (TPSA) is 70.3 Å². The SMILES string of the molecule is Cc1cc(=O)n2n1C(=O)C(C(=O)OCc1ccccc1)c1ccccc1-2. The molecule has 26 heavy (non-hydrogen) atoms. The van der Waals surface area contributed by atoms with Gasteiger partial charge in [0.15, 0.2) is 5.92 Å². The molecule has 0 spiro atoms. The van der Waals surface area contributed by atoms with Crippen molar-refractivity contribution in [3.63, 3.8) is 0 Å². The molecule has 0 bridgehead atoms. The molecule has 2 aromatic carbocycles. The summed E-state index contributed by atoms with van der Waals surface area (Å²) in [6.45, 7) is 1.75. The summed E-state index contributed by atoms with van der Waals surface area (Å²) in [6, 6.07) is 17.6. The highest BCUT2D eigenvalue weighted by Gasteiger charge is 2.39. The summed E-state index contributed by atoms with van der Waals surface area (Å²) < 4.78 is 7.94. The molecule has 1 aliphatic rings. The molecule has 1 aromatic heterocycles. The first-order valence-corrected chi connectivity index (χ1v) is 8.23. The number of aryl methyl sites for hydroxylation is 1. The van der Waals surface area contributed by atoms with E-state index < -0.39 is 17.8 Å². The zero-order valence-corrected chi connectivity index (χ0v) is 14.1. The quantitative estimate of drug-likeness (QED) is 0.538. The van der Waals surface area contributed by atoms with E-state index in [0.29, 0.717) is 16.9 Å². The lowest BCUT2D eigenvalue weighted by Crippen LogP contribution is -2.39. The van der Waals surface area contributed by atoms with E-state index >= 15 is 0 Å². The van der Waals surface area contributed by atoms with E-state index in [1.807, 2.05) is 30.3 Å². The van der Waals surface area contributed by atoms with Gasteiger partial charge < -0.3 is 4.74 Å². The number of ether oxygens (including phenoxy) is 1. The van der Waals surface area contributed by atoms with E-state index in [1.54, 1.807) is 31.2 Å². The largest absolute Gasteiger partial charge is 0.460 e. The Balaban J connectivity index is 1.73. The molecule has 0 amide bonds. The molecule has 1 aliphatic heterocycles. The zero-order valence-electron chi connectivity index (χ0n) is 14.1. The molecule has 130 valence electrons. The third kappa shape index (κ3) is 2.47. The average molecular weight is 348 g/mol. The highest BCUT2D eigenvalue weighted by molar-refractivity contribution is 6.06. The van der Waals surface area contributed by atoms with Gasteiger partial charge in [-0.15, -0.1) is 0 Å². The van der Waals surface area contributed by atoms with Crippen molar-refractivity contribution in [3.05, 3.63) is 87.8 Å². The monoisotopic (exact) mass is 348 g/mol. The van der Waals surface area contributed by atoms with Crippen LogP contribution in [0.15, 0.2) is 65.5 Å². The summed E-state index contributed by atoms with van der Waals surface area (Å²) in [6.07, 6.45) is 0. The van der Waals surface area contributed by atoms with E-state index in [4.69, 9.17) is 4.74 Å². The Kier molecular flexibility index (Phi) is 3.80. The molecule has 0 saturated heterocycles. The van der Waals surface area contributed by atoms with Crippen molar-refractivity contribution in [1.82, 2.24) is 9.36 Å². The first-order valence-electron chi connectivity index (χ1n) is 8.23. The van der Waals surface area contributed by atoms with Gasteiger partial charge in [-0.05, 0) is 18.6 Å². The second kappa shape index (κ2) is 6.15. The number of hydrogen-bond donors (Lipinski definition) is 0. The third-order valence-corrected chi connectivity index (χ3v) is 4.47. The number of rotatable bonds is 3. The van der Waals surface area contributed by atoms with Crippen molar-refractivity contribution < 1.29 is 14.3 Å². The summed E-state index contributed by atoms with van der Waals surface area (Å²) in [5.74, 6) is -2.21. The molecular formula is C20H16N2O4. The van der Waals surface area contributed by atoms with Gasteiger partial charge in [0.2, 0.25) is 0 Å². The Bertz CT molecular complexity index is 1060. The molecule has 4 rings (SSSR count). The minimum Gasteiger partial charge on any atom is -0.460 e. The van der Waals surface area contributed by atoms with Crippen LogP contribution < -0.4 is 5.56 Å². The van der Waals surface area contributed by atoms with Gasteiger partial charge in [0.25, 0.3) is 11.5 Å². The van der Waals surface area contributed by atoms with Crippen molar-refractivity contribution in [2.45, 2.75) is 19.4 Å². The lowest BCUT2D eigenvalue weighted by molar-refractivity contribution is -0.145. The normalized spacial score (nSPS) is 15.3. The summed E-state index contributed by atoms with van der Waals surface area (Å²) in [7, 11) is 0. The number of carbonyl (C=O) groups excluding carboxylic acids is 2. The van der Waals surface area contributed by atoms with Crippen LogP contribution >= 0.6 is 0 Å². The van der Waals surface area contributed by atoms with Gasteiger partial charge in [-0.1, -0.05) is 48.5 Å². The predicted molar refractivity (Wildman–Crippen MR) is 94.4 cm³/mol. The third-order valence-electron chi connectivity index (χ3n) is 4.47. The van der Waals surface area contributed by atoms with Crippen LogP contribution in [-0.2, 0) is 16.1 Å². The molecule has 0 fully saturated rings. The van der Waals surface area contributed by atoms with Crippen molar-refractivity contribution in [1.29, 1.82) is 0 Å². The number of hydrogen-bond acceptors (Lipinski definition) is 4. The maximum Gasteiger partial charge on any atom is 0.323 e. The van der Waals surface area contributed by atoms with Crippen molar-refractivity contribution >= 4 is 11.9 Å². The Hall–Kier alpha value is -3.41. The summed E-state index contributed by atoms with van der Waals surface area (Å²) in [4.78, 5) is 38.0. The van der Waals surface area contributed by atoms with Gasteiger partial charge >= 0.3 is 5.97 Å². The fourth-order valence-electron chi connectivity index (χ4n) is 3.28. The smallest absolute Gasteiger partial charge is 0.323 e. The summed E-state index contributed by atoms with van der Waals surface area (Å²) in [5.41, 5.74) is 2.01. The molecule has 6 heteroatoms. The lowest BCUT2D eigenvalue weighted by Gasteiger charge is -2.26. The van der Waals surface area contributed by atoms with Crippen LogP contribution in [0.1, 0.15) is 27.5 Å². The minimum absolute atomic E-state index is 0.0864. The lowest BCUT2D eigenvalue weighted by atomic mass is 9.95. The van der Waals surface area contributed by atoms with Crippen LogP contribution in [0.2, 0.25) is 0 Å². The van der Waals surface area contributed by atoms with Crippen LogP contribution in [0.5, 0.6) is 0 Å². The van der Waals surface area contributed by atoms with E-state index in [9.17, 15) is 14.4 Å². The first kappa shape index (κ1) is 16.1. The molecule has 1 atom stereocenters.